The lowest BCUT2D eigenvalue weighted by Crippen LogP contribution is -2.29. The van der Waals surface area contributed by atoms with Crippen LogP contribution in [0, 0.1) is 0 Å². The number of fused-ring (bicyclic) bond motifs is 1. The van der Waals surface area contributed by atoms with Crippen LogP contribution in [0.4, 0.5) is 5.69 Å². The van der Waals surface area contributed by atoms with Crippen LogP contribution in [0.3, 0.4) is 0 Å². The van der Waals surface area contributed by atoms with E-state index in [9.17, 15) is 4.79 Å². The van der Waals surface area contributed by atoms with Crippen LogP contribution in [0.5, 0.6) is 5.75 Å². The van der Waals surface area contributed by atoms with Gasteiger partial charge in [0.1, 0.15) is 12.1 Å². The van der Waals surface area contributed by atoms with E-state index in [1.165, 1.54) is 11.9 Å². The molecule has 5 nitrogen and oxygen atoms in total. The van der Waals surface area contributed by atoms with E-state index in [0.29, 0.717) is 12.8 Å². The summed E-state index contributed by atoms with van der Waals surface area (Å²) in [4.78, 5) is 22.2. The zero-order valence-electron chi connectivity index (χ0n) is 12.0. The first-order valence-corrected chi connectivity index (χ1v) is 6.99. The summed E-state index contributed by atoms with van der Waals surface area (Å²) in [6.07, 6.45) is 7.02. The van der Waals surface area contributed by atoms with Crippen LogP contribution < -0.4 is 9.64 Å². The smallest absolute Gasteiger partial charge is 0.227 e. The summed E-state index contributed by atoms with van der Waals surface area (Å²) in [5.41, 5.74) is 3.16. The molecule has 0 radical (unpaired) electrons. The third-order valence-corrected chi connectivity index (χ3v) is 3.72. The molecule has 108 valence electrons. The first-order chi connectivity index (χ1) is 10.3. The van der Waals surface area contributed by atoms with E-state index < -0.39 is 0 Å². The number of methoxy groups -OCH3 is 1. The Morgan fingerprint density at radius 1 is 1.33 bits per heavy atom. The molecule has 1 amide bonds. The Morgan fingerprint density at radius 3 is 2.90 bits per heavy atom. The Labute approximate surface area is 123 Å². The van der Waals surface area contributed by atoms with Gasteiger partial charge in [-0.3, -0.25) is 4.79 Å². The van der Waals surface area contributed by atoms with Crippen molar-refractivity contribution in [2.24, 2.45) is 0 Å². The molecule has 1 aliphatic rings. The van der Waals surface area contributed by atoms with Gasteiger partial charge in [-0.15, -0.1) is 0 Å². The molecule has 0 fully saturated rings. The molecular weight excluding hydrogens is 266 g/mol. The number of hydrogen-bond acceptors (Lipinski definition) is 4. The highest BCUT2D eigenvalue weighted by atomic mass is 16.5. The number of anilines is 1. The Hall–Kier alpha value is -2.43. The number of carbonyl (C=O) groups is 1. The molecule has 3 rings (SSSR count). The monoisotopic (exact) mass is 283 g/mol. The molecule has 2 aromatic rings. The van der Waals surface area contributed by atoms with E-state index in [-0.39, 0.29) is 5.91 Å². The summed E-state index contributed by atoms with van der Waals surface area (Å²) in [6.45, 7) is 0.743. The summed E-state index contributed by atoms with van der Waals surface area (Å²) < 4.78 is 5.22. The minimum Gasteiger partial charge on any atom is -0.497 e. The van der Waals surface area contributed by atoms with E-state index in [4.69, 9.17) is 4.74 Å². The van der Waals surface area contributed by atoms with Gasteiger partial charge in [0.15, 0.2) is 0 Å². The molecule has 0 saturated carbocycles. The third kappa shape index (κ3) is 2.86. The molecular formula is C16H17N3O2. The Bertz CT molecular complexity index is 643. The maximum atomic E-state index is 12.4. The average molecular weight is 283 g/mol. The highest BCUT2D eigenvalue weighted by Gasteiger charge is 2.24. The highest BCUT2D eigenvalue weighted by molar-refractivity contribution is 5.95. The van der Waals surface area contributed by atoms with Crippen molar-refractivity contribution in [3.63, 3.8) is 0 Å². The lowest BCUT2D eigenvalue weighted by Gasteiger charge is -2.17. The first-order valence-electron chi connectivity index (χ1n) is 6.99. The number of ether oxygens (including phenoxy) is 1. The zero-order chi connectivity index (χ0) is 14.7. The second kappa shape index (κ2) is 5.91. The fraction of sp³-hybridized carbons (Fsp3) is 0.312. The molecule has 1 aliphatic heterocycles. The summed E-state index contributed by atoms with van der Waals surface area (Å²) in [5.74, 6) is 0.979. The summed E-state index contributed by atoms with van der Waals surface area (Å²) in [5, 5.41) is 0. The summed E-state index contributed by atoms with van der Waals surface area (Å²) >= 11 is 0. The molecule has 0 bridgehead atoms. The molecule has 5 heteroatoms. The van der Waals surface area contributed by atoms with Crippen LogP contribution in [0.2, 0.25) is 0 Å². The second-order valence-corrected chi connectivity index (χ2v) is 5.04. The van der Waals surface area contributed by atoms with Gasteiger partial charge in [-0.05, 0) is 42.2 Å². The largest absolute Gasteiger partial charge is 0.497 e. The van der Waals surface area contributed by atoms with Crippen molar-refractivity contribution in [1.29, 1.82) is 0 Å². The van der Waals surface area contributed by atoms with E-state index in [1.807, 2.05) is 23.1 Å². The molecule has 21 heavy (non-hydrogen) atoms. The van der Waals surface area contributed by atoms with Crippen molar-refractivity contribution in [3.05, 3.63) is 48.0 Å². The molecule has 2 heterocycles. The average Bonchev–Trinajstić information content (AvgIpc) is 2.96. The molecule has 1 aromatic carbocycles. The number of carbonyl (C=O) groups excluding carboxylic acids is 1. The molecule has 1 aromatic heterocycles. The van der Waals surface area contributed by atoms with Crippen LogP contribution in [0.15, 0.2) is 36.9 Å². The molecule has 0 spiro atoms. The van der Waals surface area contributed by atoms with Crippen molar-refractivity contribution in [1.82, 2.24) is 9.97 Å². The highest BCUT2D eigenvalue weighted by Crippen LogP contribution is 2.31. The van der Waals surface area contributed by atoms with Crippen molar-refractivity contribution in [2.75, 3.05) is 18.6 Å². The van der Waals surface area contributed by atoms with Crippen molar-refractivity contribution < 1.29 is 9.53 Å². The minimum absolute atomic E-state index is 0.141. The minimum atomic E-state index is 0.141. The number of aromatic nitrogens is 2. The fourth-order valence-corrected chi connectivity index (χ4v) is 2.61. The Morgan fingerprint density at radius 2 is 2.14 bits per heavy atom. The molecule has 0 saturated heterocycles. The Kier molecular flexibility index (Phi) is 3.81. The maximum absolute atomic E-state index is 12.4. The predicted octanol–water partition coefficient (Wildman–Crippen LogP) is 2.01. The van der Waals surface area contributed by atoms with Gasteiger partial charge >= 0.3 is 0 Å². The van der Waals surface area contributed by atoms with E-state index in [2.05, 4.69) is 9.97 Å². The first kappa shape index (κ1) is 13.5. The lowest BCUT2D eigenvalue weighted by atomic mass is 10.1. The van der Waals surface area contributed by atoms with Crippen LogP contribution in [0.1, 0.15) is 17.5 Å². The molecule has 0 unspecified atom stereocenters. The zero-order valence-corrected chi connectivity index (χ0v) is 12.0. The lowest BCUT2D eigenvalue weighted by molar-refractivity contribution is -0.118. The van der Waals surface area contributed by atoms with Gasteiger partial charge in [-0.2, -0.15) is 0 Å². The third-order valence-electron chi connectivity index (χ3n) is 3.72. The van der Waals surface area contributed by atoms with Gasteiger partial charge in [-0.25, -0.2) is 9.97 Å². The van der Waals surface area contributed by atoms with Gasteiger partial charge in [0.2, 0.25) is 5.91 Å². The van der Waals surface area contributed by atoms with Crippen molar-refractivity contribution in [3.8, 4) is 5.75 Å². The van der Waals surface area contributed by atoms with Crippen molar-refractivity contribution in [2.45, 2.75) is 19.3 Å². The van der Waals surface area contributed by atoms with Gasteiger partial charge in [-0.1, -0.05) is 0 Å². The van der Waals surface area contributed by atoms with Crippen LogP contribution in [-0.4, -0.2) is 29.5 Å². The maximum Gasteiger partial charge on any atom is 0.227 e. The summed E-state index contributed by atoms with van der Waals surface area (Å²) in [7, 11) is 1.65. The number of rotatable bonds is 4. The number of nitrogens with zero attached hydrogens (tertiary/aromatic N) is 3. The van der Waals surface area contributed by atoms with Gasteiger partial charge in [0, 0.05) is 31.0 Å². The van der Waals surface area contributed by atoms with Gasteiger partial charge in [0.05, 0.1) is 7.11 Å². The van der Waals surface area contributed by atoms with Crippen LogP contribution >= 0.6 is 0 Å². The summed E-state index contributed by atoms with van der Waals surface area (Å²) in [6, 6.07) is 5.87. The molecule has 0 aliphatic carbocycles. The number of aryl methyl sites for hydroxylation is 1. The Balaban J connectivity index is 1.68. The fourth-order valence-electron chi connectivity index (χ4n) is 2.61. The normalized spacial score (nSPS) is 13.1. The number of benzene rings is 1. The number of hydrogen-bond donors (Lipinski definition) is 0. The van der Waals surface area contributed by atoms with E-state index in [1.54, 1.807) is 19.5 Å². The second-order valence-electron chi connectivity index (χ2n) is 5.04. The van der Waals surface area contributed by atoms with Crippen molar-refractivity contribution >= 4 is 11.6 Å². The van der Waals surface area contributed by atoms with E-state index >= 15 is 0 Å². The molecule has 0 N–H and O–H groups in total. The quantitative estimate of drug-likeness (QED) is 0.861. The topological polar surface area (TPSA) is 55.3 Å². The van der Waals surface area contributed by atoms with E-state index in [0.717, 1.165) is 30.0 Å². The predicted molar refractivity (Wildman–Crippen MR) is 79.4 cm³/mol. The van der Waals surface area contributed by atoms with Crippen LogP contribution in [-0.2, 0) is 17.6 Å². The SMILES string of the molecule is COc1ccc2c(c1)CCN2C(=O)CCc1cncnc1. The van der Waals surface area contributed by atoms with Gasteiger partial charge < -0.3 is 9.64 Å². The number of amides is 1. The van der Waals surface area contributed by atoms with Gasteiger partial charge in [0.25, 0.3) is 0 Å². The molecule has 0 atom stereocenters. The van der Waals surface area contributed by atoms with Crippen LogP contribution in [0.25, 0.3) is 0 Å². The standard InChI is InChI=1S/C16H17N3O2/c1-21-14-3-4-15-13(8-14)6-7-19(15)16(20)5-2-12-9-17-11-18-10-12/h3-4,8-11H,2,5-7H2,1H3.